The molecule has 0 aliphatic carbocycles. The molecular weight excluding hydrogens is 114 g/mol. The second-order valence-corrected chi connectivity index (χ2v) is 1.91. The zero-order chi connectivity index (χ0) is 7.11. The molecule has 0 heterocycles. The molecule has 0 fully saturated rings. The lowest BCUT2D eigenvalue weighted by atomic mass is 10.3. The van der Waals surface area contributed by atoms with Crippen molar-refractivity contribution in [1.82, 2.24) is 16.0 Å². The first-order valence-electron chi connectivity index (χ1n) is 3.17. The van der Waals surface area contributed by atoms with Crippen molar-refractivity contribution in [3.8, 4) is 0 Å². The van der Waals surface area contributed by atoms with E-state index in [2.05, 4.69) is 16.0 Å². The Balaban J connectivity index is 3.18. The van der Waals surface area contributed by atoms with Crippen LogP contribution in [0.3, 0.4) is 0 Å². The highest BCUT2D eigenvalue weighted by Gasteiger charge is 2.00. The fourth-order valence-electron chi connectivity index (χ4n) is 0.665. The molecule has 0 saturated heterocycles. The number of hydrogen-bond acceptors (Lipinski definition) is 3. The van der Waals surface area contributed by atoms with Gasteiger partial charge < -0.3 is 16.0 Å². The molecular formula is C6H16N3. The van der Waals surface area contributed by atoms with Gasteiger partial charge in [0.05, 0.1) is 0 Å². The first-order chi connectivity index (χ1) is 4.35. The molecule has 1 radical (unpaired) electrons. The van der Waals surface area contributed by atoms with E-state index in [-0.39, 0.29) is 0 Å². The summed E-state index contributed by atoms with van der Waals surface area (Å²) >= 11 is 0. The van der Waals surface area contributed by atoms with E-state index >= 15 is 0 Å². The highest BCUT2D eigenvalue weighted by Crippen LogP contribution is 1.79. The van der Waals surface area contributed by atoms with E-state index < -0.39 is 0 Å². The quantitative estimate of drug-likeness (QED) is 0.455. The van der Waals surface area contributed by atoms with Gasteiger partial charge in [-0.3, -0.25) is 0 Å². The Bertz CT molecular complexity index is 50.3. The van der Waals surface area contributed by atoms with Crippen molar-refractivity contribution < 1.29 is 0 Å². The van der Waals surface area contributed by atoms with E-state index in [1.54, 1.807) is 0 Å². The van der Waals surface area contributed by atoms with Crippen LogP contribution in [0.2, 0.25) is 0 Å². The first kappa shape index (κ1) is 8.88. The van der Waals surface area contributed by atoms with Gasteiger partial charge in [0, 0.05) is 19.1 Å². The van der Waals surface area contributed by atoms with Crippen molar-refractivity contribution in [1.29, 1.82) is 0 Å². The van der Waals surface area contributed by atoms with Gasteiger partial charge in [-0.1, -0.05) is 0 Å². The summed E-state index contributed by atoms with van der Waals surface area (Å²) in [6, 6.07) is 0.417. The average Bonchev–Trinajstić information content (AvgIpc) is 1.88. The van der Waals surface area contributed by atoms with Gasteiger partial charge >= 0.3 is 0 Å². The second-order valence-electron chi connectivity index (χ2n) is 1.91. The van der Waals surface area contributed by atoms with Crippen LogP contribution in [0.1, 0.15) is 0 Å². The third-order valence-corrected chi connectivity index (χ3v) is 1.16. The van der Waals surface area contributed by atoms with E-state index in [4.69, 9.17) is 0 Å². The SMILES string of the molecule is CN[CH]C(CNC)NC. The number of nitrogens with one attached hydrogen (secondary N) is 3. The van der Waals surface area contributed by atoms with Crippen LogP contribution in [-0.4, -0.2) is 33.7 Å². The average molecular weight is 130 g/mol. The fourth-order valence-corrected chi connectivity index (χ4v) is 0.665. The molecule has 0 spiro atoms. The Kier molecular flexibility index (Phi) is 5.93. The lowest BCUT2D eigenvalue weighted by Gasteiger charge is -2.13. The van der Waals surface area contributed by atoms with Crippen LogP contribution >= 0.6 is 0 Å². The minimum atomic E-state index is 0.417. The minimum Gasteiger partial charge on any atom is -0.318 e. The van der Waals surface area contributed by atoms with Gasteiger partial charge in [0.2, 0.25) is 0 Å². The van der Waals surface area contributed by atoms with Crippen LogP contribution in [0.5, 0.6) is 0 Å². The molecule has 3 N–H and O–H groups in total. The van der Waals surface area contributed by atoms with Crippen molar-refractivity contribution in [2.45, 2.75) is 6.04 Å². The number of hydrogen-bond donors (Lipinski definition) is 3. The minimum absolute atomic E-state index is 0.417. The summed E-state index contributed by atoms with van der Waals surface area (Å²) in [5, 5.41) is 9.17. The zero-order valence-corrected chi connectivity index (χ0v) is 6.36. The molecule has 0 aromatic rings. The third-order valence-electron chi connectivity index (χ3n) is 1.16. The van der Waals surface area contributed by atoms with E-state index in [0.29, 0.717) is 6.04 Å². The van der Waals surface area contributed by atoms with Crippen LogP contribution in [-0.2, 0) is 0 Å². The molecule has 0 bridgehead atoms. The van der Waals surface area contributed by atoms with Crippen molar-refractivity contribution in [2.24, 2.45) is 0 Å². The largest absolute Gasteiger partial charge is 0.318 e. The molecule has 1 atom stereocenters. The summed E-state index contributed by atoms with van der Waals surface area (Å²) in [6.07, 6.45) is 0. The lowest BCUT2D eigenvalue weighted by molar-refractivity contribution is 0.562. The molecule has 0 aromatic heterocycles. The zero-order valence-electron chi connectivity index (χ0n) is 6.36. The molecule has 0 aliphatic heterocycles. The van der Waals surface area contributed by atoms with Crippen LogP contribution in [0.4, 0.5) is 0 Å². The molecule has 0 rings (SSSR count). The molecule has 1 unspecified atom stereocenters. The van der Waals surface area contributed by atoms with Crippen molar-refractivity contribution in [2.75, 3.05) is 27.7 Å². The Morgan fingerprint density at radius 3 is 2.33 bits per heavy atom. The maximum absolute atomic E-state index is 3.12. The first-order valence-corrected chi connectivity index (χ1v) is 3.17. The molecule has 0 saturated carbocycles. The summed E-state index contributed by atoms with van der Waals surface area (Å²) < 4.78 is 0. The summed E-state index contributed by atoms with van der Waals surface area (Å²) in [7, 11) is 5.78. The Hall–Kier alpha value is -0.120. The van der Waals surface area contributed by atoms with Crippen molar-refractivity contribution in [3.05, 3.63) is 6.54 Å². The van der Waals surface area contributed by atoms with Crippen LogP contribution in [0, 0.1) is 6.54 Å². The highest BCUT2D eigenvalue weighted by atomic mass is 15.0. The Morgan fingerprint density at radius 2 is 2.00 bits per heavy atom. The Morgan fingerprint density at radius 1 is 1.33 bits per heavy atom. The van der Waals surface area contributed by atoms with Gasteiger partial charge in [0.25, 0.3) is 0 Å². The maximum Gasteiger partial charge on any atom is 0.0401 e. The summed E-state index contributed by atoms with van der Waals surface area (Å²) in [4.78, 5) is 0. The van der Waals surface area contributed by atoms with Gasteiger partial charge in [-0.2, -0.15) is 0 Å². The topological polar surface area (TPSA) is 36.1 Å². The Labute approximate surface area is 57.2 Å². The van der Waals surface area contributed by atoms with Gasteiger partial charge in [0.1, 0.15) is 0 Å². The second kappa shape index (κ2) is 6.01. The molecule has 55 valence electrons. The van der Waals surface area contributed by atoms with Gasteiger partial charge in [-0.05, 0) is 21.1 Å². The van der Waals surface area contributed by atoms with Gasteiger partial charge in [0.15, 0.2) is 0 Å². The van der Waals surface area contributed by atoms with Gasteiger partial charge in [-0.25, -0.2) is 0 Å². The summed E-state index contributed by atoms with van der Waals surface area (Å²) in [6.45, 7) is 2.97. The molecule has 3 heteroatoms. The molecule has 0 amide bonds. The highest BCUT2D eigenvalue weighted by molar-refractivity contribution is 4.79. The van der Waals surface area contributed by atoms with E-state index in [1.807, 2.05) is 27.7 Å². The smallest absolute Gasteiger partial charge is 0.0401 e. The van der Waals surface area contributed by atoms with E-state index in [9.17, 15) is 0 Å². The predicted octanol–water partition coefficient (Wildman–Crippen LogP) is -0.825. The normalized spacial score (nSPS) is 10.7. The molecule has 9 heavy (non-hydrogen) atoms. The van der Waals surface area contributed by atoms with E-state index in [0.717, 1.165) is 6.54 Å². The molecule has 0 aromatic carbocycles. The van der Waals surface area contributed by atoms with E-state index in [1.165, 1.54) is 0 Å². The van der Waals surface area contributed by atoms with Crippen LogP contribution in [0.25, 0.3) is 0 Å². The van der Waals surface area contributed by atoms with Crippen molar-refractivity contribution >= 4 is 0 Å². The summed E-state index contributed by atoms with van der Waals surface area (Å²) in [5.41, 5.74) is 0. The number of rotatable bonds is 5. The standard InChI is InChI=1S/C6H16N3/c1-7-4-6(9-3)5-8-2/h4,6-9H,5H2,1-3H3. The van der Waals surface area contributed by atoms with Crippen molar-refractivity contribution in [3.63, 3.8) is 0 Å². The van der Waals surface area contributed by atoms with Crippen LogP contribution < -0.4 is 16.0 Å². The fraction of sp³-hybridized carbons (Fsp3) is 0.833. The molecule has 0 aliphatic rings. The molecule has 3 nitrogen and oxygen atoms in total. The van der Waals surface area contributed by atoms with Crippen LogP contribution in [0.15, 0.2) is 0 Å². The lowest BCUT2D eigenvalue weighted by Crippen LogP contribution is -2.38. The third kappa shape index (κ3) is 4.39. The summed E-state index contributed by atoms with van der Waals surface area (Å²) in [5.74, 6) is 0. The predicted molar refractivity (Wildman–Crippen MR) is 40.1 cm³/mol. The maximum atomic E-state index is 3.12. The monoisotopic (exact) mass is 130 g/mol. The van der Waals surface area contributed by atoms with Gasteiger partial charge in [-0.15, -0.1) is 0 Å². The number of likely N-dealkylation sites (N-methyl/N-ethyl adjacent to an activating group) is 3.